The highest BCUT2D eigenvalue weighted by Gasteiger charge is 2.08. The molecule has 1 heterocycles. The minimum atomic E-state index is 0.945. The molecule has 16 heavy (non-hydrogen) atoms. The Kier molecular flexibility index (Phi) is 3.50. The molecule has 1 nitrogen and oxygen atoms in total. The molecular formula is C14H17BO. The molecule has 1 aromatic carbocycles. The molecule has 0 fully saturated rings. The van der Waals surface area contributed by atoms with Gasteiger partial charge in [0.1, 0.15) is 19.2 Å². The van der Waals surface area contributed by atoms with Crippen LogP contribution >= 0.6 is 0 Å². The van der Waals surface area contributed by atoms with Crippen molar-refractivity contribution in [2.24, 2.45) is 0 Å². The molecule has 0 aliphatic carbocycles. The number of rotatable bonds is 4. The van der Waals surface area contributed by atoms with Crippen molar-refractivity contribution in [3.8, 4) is 0 Å². The van der Waals surface area contributed by atoms with Gasteiger partial charge in [-0.05, 0) is 18.8 Å². The number of unbranched alkanes of at least 4 members (excludes halogenated alkanes) is 1. The fraction of sp³-hybridized carbons (Fsp3) is 0.286. The molecule has 0 N–H and O–H groups in total. The summed E-state index contributed by atoms with van der Waals surface area (Å²) < 4.78 is 5.83. The molecule has 0 spiro atoms. The van der Waals surface area contributed by atoms with Gasteiger partial charge in [0.2, 0.25) is 0 Å². The maximum absolute atomic E-state index is 5.83. The minimum absolute atomic E-state index is 0.945. The average molecular weight is 212 g/mol. The van der Waals surface area contributed by atoms with E-state index in [4.69, 9.17) is 4.42 Å². The first-order valence-corrected chi connectivity index (χ1v) is 6.03. The van der Waals surface area contributed by atoms with Crippen molar-refractivity contribution in [2.75, 3.05) is 0 Å². The SMILES string of the molecule is BCc1oc2ccccc2c1/C=C\CCC. The fourth-order valence-electron chi connectivity index (χ4n) is 1.93. The Hall–Kier alpha value is -1.44. The van der Waals surface area contributed by atoms with Gasteiger partial charge in [-0.1, -0.05) is 43.7 Å². The summed E-state index contributed by atoms with van der Waals surface area (Å²) in [4.78, 5) is 0. The molecule has 2 heteroatoms. The number of allylic oxidation sites excluding steroid dienone is 1. The van der Waals surface area contributed by atoms with Crippen molar-refractivity contribution in [1.29, 1.82) is 0 Å². The summed E-state index contributed by atoms with van der Waals surface area (Å²) in [6, 6.07) is 8.24. The van der Waals surface area contributed by atoms with E-state index in [1.54, 1.807) is 0 Å². The van der Waals surface area contributed by atoms with E-state index in [9.17, 15) is 0 Å². The summed E-state index contributed by atoms with van der Waals surface area (Å²) in [5, 5.41) is 1.23. The van der Waals surface area contributed by atoms with Gasteiger partial charge in [-0.25, -0.2) is 0 Å². The monoisotopic (exact) mass is 212 g/mol. The summed E-state index contributed by atoms with van der Waals surface area (Å²) >= 11 is 0. The summed E-state index contributed by atoms with van der Waals surface area (Å²) in [5.41, 5.74) is 2.25. The Balaban J connectivity index is 2.47. The van der Waals surface area contributed by atoms with E-state index in [2.05, 4.69) is 39.1 Å². The van der Waals surface area contributed by atoms with Gasteiger partial charge in [0.15, 0.2) is 0 Å². The van der Waals surface area contributed by atoms with Crippen LogP contribution in [0.1, 0.15) is 31.1 Å². The van der Waals surface area contributed by atoms with Crippen LogP contribution in [0, 0.1) is 0 Å². The lowest BCUT2D eigenvalue weighted by Crippen LogP contribution is -1.82. The maximum Gasteiger partial charge on any atom is 0.134 e. The summed E-state index contributed by atoms with van der Waals surface area (Å²) in [5.74, 6) is 1.09. The molecule has 82 valence electrons. The second-order valence-corrected chi connectivity index (χ2v) is 3.98. The molecule has 0 unspecified atom stereocenters. The molecule has 2 rings (SSSR count). The lowest BCUT2D eigenvalue weighted by molar-refractivity contribution is 0.571. The smallest absolute Gasteiger partial charge is 0.134 e. The third kappa shape index (κ3) is 2.06. The van der Waals surface area contributed by atoms with Crippen molar-refractivity contribution < 1.29 is 4.42 Å². The zero-order valence-electron chi connectivity index (χ0n) is 9.99. The molecule has 0 bridgehead atoms. The van der Waals surface area contributed by atoms with Gasteiger partial charge < -0.3 is 4.42 Å². The average Bonchev–Trinajstić information content (AvgIpc) is 2.68. The van der Waals surface area contributed by atoms with Crippen LogP contribution in [0.3, 0.4) is 0 Å². The largest absolute Gasteiger partial charge is 0.461 e. The predicted molar refractivity (Wildman–Crippen MR) is 72.4 cm³/mol. The molecule has 0 saturated carbocycles. The molecule has 1 aromatic heterocycles. The van der Waals surface area contributed by atoms with Gasteiger partial charge in [-0.2, -0.15) is 0 Å². The van der Waals surface area contributed by atoms with E-state index in [0.29, 0.717) is 0 Å². The number of fused-ring (bicyclic) bond motifs is 1. The van der Waals surface area contributed by atoms with E-state index in [1.165, 1.54) is 17.4 Å². The van der Waals surface area contributed by atoms with E-state index in [0.717, 1.165) is 24.1 Å². The first-order chi connectivity index (χ1) is 7.86. The van der Waals surface area contributed by atoms with Crippen LogP contribution in [0.25, 0.3) is 17.0 Å². The predicted octanol–water partition coefficient (Wildman–Crippen LogP) is 3.38. The molecule has 0 aliphatic heterocycles. The molecule has 0 atom stereocenters. The van der Waals surface area contributed by atoms with Crippen LogP contribution in [0.5, 0.6) is 0 Å². The van der Waals surface area contributed by atoms with Crippen molar-refractivity contribution in [3.63, 3.8) is 0 Å². The molecule has 0 radical (unpaired) electrons. The standard InChI is InChI=1S/C14H17BO/c1-2-3-4-7-12-11-8-5-6-9-13(11)16-14(12)10-15/h4-9H,2-3,10,15H2,1H3/b7-4-. The zero-order valence-corrected chi connectivity index (χ0v) is 9.99. The minimum Gasteiger partial charge on any atom is -0.461 e. The van der Waals surface area contributed by atoms with Crippen LogP contribution in [0.4, 0.5) is 0 Å². The second-order valence-electron chi connectivity index (χ2n) is 3.98. The normalized spacial score (nSPS) is 11.6. The van der Waals surface area contributed by atoms with Crippen molar-refractivity contribution >= 4 is 24.9 Å². The Labute approximate surface area is 97.6 Å². The first kappa shape index (κ1) is 11.1. The van der Waals surface area contributed by atoms with E-state index >= 15 is 0 Å². The van der Waals surface area contributed by atoms with Gasteiger partial charge in [0.25, 0.3) is 0 Å². The van der Waals surface area contributed by atoms with Crippen LogP contribution < -0.4 is 0 Å². The van der Waals surface area contributed by atoms with E-state index in [-0.39, 0.29) is 0 Å². The molecular weight excluding hydrogens is 195 g/mol. The molecule has 0 saturated heterocycles. The Bertz CT molecular complexity index is 496. The topological polar surface area (TPSA) is 13.1 Å². The highest BCUT2D eigenvalue weighted by atomic mass is 16.3. The third-order valence-corrected chi connectivity index (χ3v) is 2.77. The van der Waals surface area contributed by atoms with Crippen LogP contribution in [0.2, 0.25) is 0 Å². The molecule has 0 amide bonds. The van der Waals surface area contributed by atoms with Gasteiger partial charge in [0.05, 0.1) is 0 Å². The fourth-order valence-corrected chi connectivity index (χ4v) is 1.93. The highest BCUT2D eigenvalue weighted by Crippen LogP contribution is 2.27. The number of hydrogen-bond acceptors (Lipinski definition) is 1. The summed E-state index contributed by atoms with van der Waals surface area (Å²) in [6.07, 6.45) is 7.70. The van der Waals surface area contributed by atoms with E-state index in [1.807, 2.05) is 12.1 Å². The van der Waals surface area contributed by atoms with E-state index < -0.39 is 0 Å². The number of hydrogen-bond donors (Lipinski definition) is 0. The highest BCUT2D eigenvalue weighted by molar-refractivity contribution is 6.09. The van der Waals surface area contributed by atoms with Crippen LogP contribution in [-0.2, 0) is 6.32 Å². The summed E-state index contributed by atoms with van der Waals surface area (Å²) in [6.45, 7) is 2.19. The van der Waals surface area contributed by atoms with Crippen LogP contribution in [-0.4, -0.2) is 7.85 Å². The van der Waals surface area contributed by atoms with Crippen molar-refractivity contribution in [3.05, 3.63) is 41.7 Å². The van der Waals surface area contributed by atoms with Crippen molar-refractivity contribution in [1.82, 2.24) is 0 Å². The van der Waals surface area contributed by atoms with Gasteiger partial charge in [-0.15, -0.1) is 0 Å². The van der Waals surface area contributed by atoms with Gasteiger partial charge in [-0.3, -0.25) is 0 Å². The van der Waals surface area contributed by atoms with Gasteiger partial charge in [0, 0.05) is 10.9 Å². The zero-order chi connectivity index (χ0) is 11.4. The number of furan rings is 1. The third-order valence-electron chi connectivity index (χ3n) is 2.77. The number of para-hydroxylation sites is 1. The number of benzene rings is 1. The molecule has 2 aromatic rings. The maximum atomic E-state index is 5.83. The summed E-state index contributed by atoms with van der Waals surface area (Å²) in [7, 11) is 2.13. The lowest BCUT2D eigenvalue weighted by Gasteiger charge is -1.93. The van der Waals surface area contributed by atoms with Crippen molar-refractivity contribution in [2.45, 2.75) is 26.1 Å². The Morgan fingerprint density at radius 2 is 2.12 bits per heavy atom. The quantitative estimate of drug-likeness (QED) is 0.708. The lowest BCUT2D eigenvalue weighted by atomic mass is 9.98. The van der Waals surface area contributed by atoms with Gasteiger partial charge >= 0.3 is 0 Å². The molecule has 0 aliphatic rings. The first-order valence-electron chi connectivity index (χ1n) is 6.03. The Morgan fingerprint density at radius 3 is 2.88 bits per heavy atom. The van der Waals surface area contributed by atoms with Crippen LogP contribution in [0.15, 0.2) is 34.8 Å². The Morgan fingerprint density at radius 1 is 1.31 bits per heavy atom. The second kappa shape index (κ2) is 5.06.